The molecule has 0 aromatic heterocycles. The molecule has 1 aromatic rings. The smallest absolute Gasteiger partial charge is 0.119 e. The predicted molar refractivity (Wildman–Crippen MR) is 61.8 cm³/mol. The van der Waals surface area contributed by atoms with E-state index in [1.807, 2.05) is 18.2 Å². The number of benzene rings is 1. The van der Waals surface area contributed by atoms with Gasteiger partial charge < -0.3 is 15.8 Å². The maximum Gasteiger partial charge on any atom is 0.119 e. The molecule has 3 nitrogen and oxygen atoms in total. The lowest BCUT2D eigenvalue weighted by Gasteiger charge is -2.19. The molecular formula is C12H16N2O. The summed E-state index contributed by atoms with van der Waals surface area (Å²) in [6.45, 7) is 1.73. The number of methoxy groups -OCH3 is 1. The maximum absolute atomic E-state index is 5.86. The Bertz CT molecular complexity index is 374. The van der Waals surface area contributed by atoms with Crippen LogP contribution in [-0.2, 0) is 0 Å². The van der Waals surface area contributed by atoms with Crippen LogP contribution in [0.5, 0.6) is 5.75 Å². The van der Waals surface area contributed by atoms with Gasteiger partial charge in [0.25, 0.3) is 0 Å². The highest BCUT2D eigenvalue weighted by Crippen LogP contribution is 2.21. The Labute approximate surface area is 89.9 Å². The Balaban J connectivity index is 2.28. The average molecular weight is 204 g/mol. The predicted octanol–water partition coefficient (Wildman–Crippen LogP) is 1.01. The van der Waals surface area contributed by atoms with E-state index in [-0.39, 0.29) is 6.04 Å². The number of ether oxygens (including phenoxy) is 1. The molecule has 0 saturated heterocycles. The third kappa shape index (κ3) is 2.37. The molecule has 1 unspecified atom stereocenters. The van der Waals surface area contributed by atoms with Crippen molar-refractivity contribution >= 4 is 5.57 Å². The fourth-order valence-electron chi connectivity index (χ4n) is 1.77. The molecule has 1 aromatic carbocycles. The first-order valence-electron chi connectivity index (χ1n) is 5.11. The van der Waals surface area contributed by atoms with Crippen molar-refractivity contribution in [2.75, 3.05) is 20.2 Å². The van der Waals surface area contributed by atoms with Crippen LogP contribution in [-0.4, -0.2) is 26.2 Å². The summed E-state index contributed by atoms with van der Waals surface area (Å²) < 4.78 is 5.19. The van der Waals surface area contributed by atoms with E-state index in [1.165, 1.54) is 11.1 Å². The fourth-order valence-corrected chi connectivity index (χ4v) is 1.77. The summed E-state index contributed by atoms with van der Waals surface area (Å²) in [6.07, 6.45) is 2.12. The van der Waals surface area contributed by atoms with Crippen LogP contribution < -0.4 is 15.8 Å². The zero-order valence-electron chi connectivity index (χ0n) is 8.86. The van der Waals surface area contributed by atoms with Gasteiger partial charge in [-0.05, 0) is 23.3 Å². The van der Waals surface area contributed by atoms with E-state index in [2.05, 4.69) is 17.5 Å². The molecule has 0 amide bonds. The van der Waals surface area contributed by atoms with Crippen molar-refractivity contribution in [2.45, 2.75) is 6.04 Å². The van der Waals surface area contributed by atoms with E-state index in [0.717, 1.165) is 18.8 Å². The molecule has 0 fully saturated rings. The second kappa shape index (κ2) is 4.47. The summed E-state index contributed by atoms with van der Waals surface area (Å²) >= 11 is 0. The van der Waals surface area contributed by atoms with Crippen LogP contribution in [0, 0.1) is 0 Å². The first kappa shape index (κ1) is 10.2. The average Bonchev–Trinajstić information content (AvgIpc) is 2.29. The van der Waals surface area contributed by atoms with Gasteiger partial charge in [0.05, 0.1) is 7.11 Å². The van der Waals surface area contributed by atoms with Gasteiger partial charge in [0.1, 0.15) is 5.75 Å². The Hall–Kier alpha value is -1.32. The molecule has 1 heterocycles. The van der Waals surface area contributed by atoms with E-state index in [4.69, 9.17) is 10.5 Å². The molecule has 0 aliphatic carbocycles. The Morgan fingerprint density at radius 1 is 1.47 bits per heavy atom. The fraction of sp³-hybridized carbons (Fsp3) is 0.333. The minimum absolute atomic E-state index is 0.111. The van der Waals surface area contributed by atoms with Crippen LogP contribution in [0.2, 0.25) is 0 Å². The van der Waals surface area contributed by atoms with E-state index in [0.29, 0.717) is 0 Å². The number of hydrogen-bond donors (Lipinski definition) is 2. The molecule has 3 N–H and O–H groups in total. The minimum Gasteiger partial charge on any atom is -0.497 e. The highest BCUT2D eigenvalue weighted by atomic mass is 16.5. The van der Waals surface area contributed by atoms with Crippen LogP contribution in [0.4, 0.5) is 0 Å². The standard InChI is InChI=1S/C12H16N2O/c1-15-12-4-2-3-9(6-12)10-5-11(13)8-14-7-10/h2-6,11,14H,7-8,13H2,1H3. The lowest BCUT2D eigenvalue weighted by atomic mass is 10.0. The zero-order valence-corrected chi connectivity index (χ0v) is 8.86. The summed E-state index contributed by atoms with van der Waals surface area (Å²) in [5.41, 5.74) is 8.28. The summed E-state index contributed by atoms with van der Waals surface area (Å²) in [5, 5.41) is 3.29. The van der Waals surface area contributed by atoms with Gasteiger partial charge in [0.2, 0.25) is 0 Å². The van der Waals surface area contributed by atoms with Crippen LogP contribution in [0.1, 0.15) is 5.56 Å². The molecule has 15 heavy (non-hydrogen) atoms. The van der Waals surface area contributed by atoms with E-state index < -0.39 is 0 Å². The Morgan fingerprint density at radius 2 is 2.33 bits per heavy atom. The van der Waals surface area contributed by atoms with Crippen molar-refractivity contribution in [1.82, 2.24) is 5.32 Å². The quantitative estimate of drug-likeness (QED) is 0.755. The molecule has 1 aliphatic rings. The summed E-state index contributed by atoms with van der Waals surface area (Å²) in [7, 11) is 1.68. The molecular weight excluding hydrogens is 188 g/mol. The first-order chi connectivity index (χ1) is 7.29. The molecule has 0 bridgehead atoms. The number of rotatable bonds is 2. The van der Waals surface area contributed by atoms with E-state index in [1.54, 1.807) is 7.11 Å². The van der Waals surface area contributed by atoms with Gasteiger partial charge in [-0.3, -0.25) is 0 Å². The zero-order chi connectivity index (χ0) is 10.7. The number of hydrogen-bond acceptors (Lipinski definition) is 3. The van der Waals surface area contributed by atoms with E-state index >= 15 is 0 Å². The monoisotopic (exact) mass is 204 g/mol. The summed E-state index contributed by atoms with van der Waals surface area (Å²) in [6, 6.07) is 8.16. The third-order valence-corrected chi connectivity index (χ3v) is 2.55. The van der Waals surface area contributed by atoms with Gasteiger partial charge >= 0.3 is 0 Å². The molecule has 2 rings (SSSR count). The maximum atomic E-state index is 5.86. The van der Waals surface area contributed by atoms with Gasteiger partial charge in [0.15, 0.2) is 0 Å². The molecule has 3 heteroatoms. The lowest BCUT2D eigenvalue weighted by Crippen LogP contribution is -2.37. The Kier molecular flexibility index (Phi) is 3.04. The Morgan fingerprint density at radius 3 is 3.07 bits per heavy atom. The van der Waals surface area contributed by atoms with Gasteiger partial charge in [-0.2, -0.15) is 0 Å². The highest BCUT2D eigenvalue weighted by Gasteiger charge is 2.10. The van der Waals surface area contributed by atoms with Gasteiger partial charge in [-0.25, -0.2) is 0 Å². The van der Waals surface area contributed by atoms with Crippen LogP contribution in [0.15, 0.2) is 30.3 Å². The molecule has 0 saturated carbocycles. The molecule has 1 aliphatic heterocycles. The number of nitrogens with one attached hydrogen (secondary N) is 1. The van der Waals surface area contributed by atoms with Gasteiger partial charge in [-0.1, -0.05) is 18.2 Å². The van der Waals surface area contributed by atoms with Crippen LogP contribution >= 0.6 is 0 Å². The molecule has 0 spiro atoms. The third-order valence-electron chi connectivity index (χ3n) is 2.55. The normalized spacial score (nSPS) is 20.9. The second-order valence-corrected chi connectivity index (χ2v) is 3.72. The molecule has 1 atom stereocenters. The van der Waals surface area contributed by atoms with E-state index in [9.17, 15) is 0 Å². The van der Waals surface area contributed by atoms with Crippen molar-refractivity contribution in [3.05, 3.63) is 35.9 Å². The largest absolute Gasteiger partial charge is 0.497 e. The topological polar surface area (TPSA) is 47.3 Å². The van der Waals surface area contributed by atoms with Crippen molar-refractivity contribution in [2.24, 2.45) is 5.73 Å². The van der Waals surface area contributed by atoms with Crippen LogP contribution in [0.3, 0.4) is 0 Å². The van der Waals surface area contributed by atoms with Crippen molar-refractivity contribution in [1.29, 1.82) is 0 Å². The van der Waals surface area contributed by atoms with Gasteiger partial charge in [-0.15, -0.1) is 0 Å². The molecule has 0 radical (unpaired) electrons. The van der Waals surface area contributed by atoms with Crippen molar-refractivity contribution < 1.29 is 4.74 Å². The molecule has 80 valence electrons. The second-order valence-electron chi connectivity index (χ2n) is 3.72. The highest BCUT2D eigenvalue weighted by molar-refractivity contribution is 5.69. The van der Waals surface area contributed by atoms with Gasteiger partial charge in [0, 0.05) is 19.1 Å². The van der Waals surface area contributed by atoms with Crippen molar-refractivity contribution in [3.8, 4) is 5.75 Å². The summed E-state index contributed by atoms with van der Waals surface area (Å²) in [5.74, 6) is 0.882. The lowest BCUT2D eigenvalue weighted by molar-refractivity contribution is 0.414. The number of nitrogens with two attached hydrogens (primary N) is 1. The first-order valence-corrected chi connectivity index (χ1v) is 5.11. The minimum atomic E-state index is 0.111. The van der Waals surface area contributed by atoms with Crippen molar-refractivity contribution in [3.63, 3.8) is 0 Å². The summed E-state index contributed by atoms with van der Waals surface area (Å²) in [4.78, 5) is 0. The van der Waals surface area contributed by atoms with Crippen LogP contribution in [0.25, 0.3) is 5.57 Å². The SMILES string of the molecule is COc1cccc(C2=CC(N)CNC2)c1.